The van der Waals surface area contributed by atoms with Gasteiger partial charge in [0.1, 0.15) is 11.1 Å². The first-order chi connectivity index (χ1) is 9.18. The highest BCUT2D eigenvalue weighted by Crippen LogP contribution is 2.33. The molecule has 0 bridgehead atoms. The average Bonchev–Trinajstić information content (AvgIpc) is 3.12. The van der Waals surface area contributed by atoms with Gasteiger partial charge in [0, 0.05) is 18.6 Å². The van der Waals surface area contributed by atoms with Crippen molar-refractivity contribution >= 4 is 16.3 Å². The second-order valence-electron chi connectivity index (χ2n) is 5.28. The van der Waals surface area contributed by atoms with Crippen LogP contribution in [0.2, 0.25) is 0 Å². The summed E-state index contributed by atoms with van der Waals surface area (Å²) in [6, 6.07) is 0. The van der Waals surface area contributed by atoms with Crippen LogP contribution in [0.1, 0.15) is 50.0 Å². The third kappa shape index (κ3) is 2.05. The van der Waals surface area contributed by atoms with Gasteiger partial charge in [0.2, 0.25) is 4.96 Å². The Morgan fingerprint density at radius 2 is 2.37 bits per heavy atom. The highest BCUT2D eigenvalue weighted by atomic mass is 32.1. The Labute approximate surface area is 116 Å². The van der Waals surface area contributed by atoms with Crippen LogP contribution in [0.3, 0.4) is 0 Å². The lowest BCUT2D eigenvalue weighted by atomic mass is 9.89. The van der Waals surface area contributed by atoms with Crippen molar-refractivity contribution in [3.63, 3.8) is 0 Å². The van der Waals surface area contributed by atoms with Gasteiger partial charge in [-0.25, -0.2) is 0 Å². The fourth-order valence-electron chi connectivity index (χ4n) is 2.24. The maximum absolute atomic E-state index is 5.90. The zero-order valence-corrected chi connectivity index (χ0v) is 12.1. The summed E-state index contributed by atoms with van der Waals surface area (Å²) < 4.78 is 7.50. The summed E-state index contributed by atoms with van der Waals surface area (Å²) in [5.74, 6) is 0.825. The molecular weight excluding hydrogens is 262 g/mol. The van der Waals surface area contributed by atoms with Crippen molar-refractivity contribution < 1.29 is 4.74 Å². The van der Waals surface area contributed by atoms with Crippen molar-refractivity contribution in [2.45, 2.75) is 44.6 Å². The Morgan fingerprint density at radius 1 is 1.53 bits per heavy atom. The Bertz CT molecular complexity index is 568. The lowest BCUT2D eigenvalue weighted by molar-refractivity contribution is 0.103. The predicted molar refractivity (Wildman–Crippen MR) is 73.3 cm³/mol. The van der Waals surface area contributed by atoms with E-state index in [0.29, 0.717) is 6.54 Å². The summed E-state index contributed by atoms with van der Waals surface area (Å²) in [6.07, 6.45) is 3.07. The molecule has 0 radical (unpaired) electrons. The van der Waals surface area contributed by atoms with Gasteiger partial charge in [0.05, 0.1) is 0 Å². The van der Waals surface area contributed by atoms with E-state index in [2.05, 4.69) is 29.1 Å². The monoisotopic (exact) mass is 281 g/mol. The largest absolute Gasteiger partial charge is 0.370 e. The molecule has 6 nitrogen and oxygen atoms in total. The first-order valence-electron chi connectivity index (χ1n) is 6.72. The van der Waals surface area contributed by atoms with Crippen LogP contribution in [0.5, 0.6) is 0 Å². The number of nitrogens with two attached hydrogens (primary N) is 1. The molecule has 0 aromatic carbocycles. The number of rotatable bonds is 4. The van der Waals surface area contributed by atoms with Crippen molar-refractivity contribution in [1.82, 2.24) is 19.8 Å². The molecule has 2 aromatic rings. The molecular formula is C12H19N5OS. The molecule has 3 heterocycles. The minimum Gasteiger partial charge on any atom is -0.370 e. The minimum atomic E-state index is -0.0842. The van der Waals surface area contributed by atoms with E-state index in [1.54, 1.807) is 11.3 Å². The Balaban J connectivity index is 2.02. The van der Waals surface area contributed by atoms with Crippen LogP contribution in [0.25, 0.3) is 4.96 Å². The SMILES string of the molecule is CCC(C)(CN)c1nn2c(C3CCCO3)nnc2s1. The van der Waals surface area contributed by atoms with Crippen LogP contribution in [0, 0.1) is 0 Å². The summed E-state index contributed by atoms with van der Waals surface area (Å²) in [7, 11) is 0. The van der Waals surface area contributed by atoms with Gasteiger partial charge in [-0.1, -0.05) is 25.2 Å². The Kier molecular flexibility index (Phi) is 3.28. The number of aromatic nitrogens is 4. The van der Waals surface area contributed by atoms with Gasteiger partial charge >= 0.3 is 0 Å². The predicted octanol–water partition coefficient (Wildman–Crippen LogP) is 1.66. The fraction of sp³-hybridized carbons (Fsp3) is 0.750. The van der Waals surface area contributed by atoms with E-state index in [-0.39, 0.29) is 11.5 Å². The van der Waals surface area contributed by atoms with E-state index >= 15 is 0 Å². The normalized spacial score (nSPS) is 23.0. The van der Waals surface area contributed by atoms with Crippen LogP contribution < -0.4 is 5.73 Å². The van der Waals surface area contributed by atoms with Gasteiger partial charge in [0.25, 0.3) is 0 Å². The smallest absolute Gasteiger partial charge is 0.234 e. The van der Waals surface area contributed by atoms with Crippen molar-refractivity contribution in [3.05, 3.63) is 10.8 Å². The number of ether oxygens (including phenoxy) is 1. The summed E-state index contributed by atoms with van der Waals surface area (Å²) >= 11 is 1.58. The molecule has 2 N–H and O–H groups in total. The lowest BCUT2D eigenvalue weighted by Gasteiger charge is -2.22. The number of nitrogens with zero attached hydrogens (tertiary/aromatic N) is 4. The van der Waals surface area contributed by atoms with E-state index in [9.17, 15) is 0 Å². The third-order valence-corrected chi connectivity index (χ3v) is 5.18. The van der Waals surface area contributed by atoms with Crippen molar-refractivity contribution in [3.8, 4) is 0 Å². The molecule has 2 atom stereocenters. The third-order valence-electron chi connectivity index (χ3n) is 3.98. The molecule has 1 aliphatic rings. The molecule has 2 unspecified atom stereocenters. The van der Waals surface area contributed by atoms with Crippen LogP contribution in [0.15, 0.2) is 0 Å². The second-order valence-corrected chi connectivity index (χ2v) is 6.24. The standard InChI is InChI=1S/C12H19N5OS/c1-3-12(2,7-13)10-16-17-9(8-5-4-6-18-8)14-15-11(17)19-10/h8H,3-7,13H2,1-2H3. The Morgan fingerprint density at radius 3 is 3.00 bits per heavy atom. The first-order valence-corrected chi connectivity index (χ1v) is 7.54. The topological polar surface area (TPSA) is 78.3 Å². The van der Waals surface area contributed by atoms with Crippen molar-refractivity contribution in [2.75, 3.05) is 13.2 Å². The van der Waals surface area contributed by atoms with E-state index in [0.717, 1.165) is 41.7 Å². The van der Waals surface area contributed by atoms with Crippen LogP contribution in [-0.2, 0) is 10.2 Å². The molecule has 19 heavy (non-hydrogen) atoms. The highest BCUT2D eigenvalue weighted by molar-refractivity contribution is 7.16. The van der Waals surface area contributed by atoms with E-state index in [1.165, 1.54) is 0 Å². The molecule has 0 saturated carbocycles. The van der Waals surface area contributed by atoms with Gasteiger partial charge < -0.3 is 10.5 Å². The summed E-state index contributed by atoms with van der Waals surface area (Å²) in [5, 5.41) is 14.1. The molecule has 1 fully saturated rings. The molecule has 0 aliphatic carbocycles. The number of hydrogen-bond donors (Lipinski definition) is 1. The minimum absolute atomic E-state index is 0.0377. The molecule has 2 aromatic heterocycles. The fourth-order valence-corrected chi connectivity index (χ4v) is 3.31. The zero-order chi connectivity index (χ0) is 13.5. The maximum Gasteiger partial charge on any atom is 0.234 e. The van der Waals surface area contributed by atoms with Gasteiger partial charge in [-0.05, 0) is 19.3 Å². The van der Waals surface area contributed by atoms with Gasteiger partial charge in [-0.3, -0.25) is 0 Å². The maximum atomic E-state index is 5.90. The molecule has 0 spiro atoms. The highest BCUT2D eigenvalue weighted by Gasteiger charge is 2.30. The van der Waals surface area contributed by atoms with E-state index < -0.39 is 0 Å². The quantitative estimate of drug-likeness (QED) is 0.922. The van der Waals surface area contributed by atoms with Crippen molar-refractivity contribution in [2.24, 2.45) is 5.73 Å². The second kappa shape index (κ2) is 4.81. The molecule has 0 amide bonds. The molecule has 1 aliphatic heterocycles. The Hall–Kier alpha value is -1.05. The number of fused-ring (bicyclic) bond motifs is 1. The number of hydrogen-bond acceptors (Lipinski definition) is 6. The van der Waals surface area contributed by atoms with Crippen LogP contribution in [0.4, 0.5) is 0 Å². The lowest BCUT2D eigenvalue weighted by Crippen LogP contribution is -2.31. The van der Waals surface area contributed by atoms with Gasteiger partial charge in [0.15, 0.2) is 5.82 Å². The first kappa shape index (κ1) is 13.0. The summed E-state index contributed by atoms with van der Waals surface area (Å²) in [6.45, 7) is 5.66. The summed E-state index contributed by atoms with van der Waals surface area (Å²) in [4.78, 5) is 0.827. The van der Waals surface area contributed by atoms with E-state index in [4.69, 9.17) is 10.5 Å². The van der Waals surface area contributed by atoms with Gasteiger partial charge in [-0.2, -0.15) is 9.61 Å². The average molecular weight is 281 g/mol. The van der Waals surface area contributed by atoms with Gasteiger partial charge in [-0.15, -0.1) is 10.2 Å². The summed E-state index contributed by atoms with van der Waals surface area (Å²) in [5.41, 5.74) is 5.81. The van der Waals surface area contributed by atoms with Crippen molar-refractivity contribution in [1.29, 1.82) is 0 Å². The van der Waals surface area contributed by atoms with Crippen LogP contribution >= 0.6 is 11.3 Å². The molecule has 3 rings (SSSR count). The zero-order valence-electron chi connectivity index (χ0n) is 11.3. The van der Waals surface area contributed by atoms with E-state index in [1.807, 2.05) is 4.52 Å². The molecule has 104 valence electrons. The van der Waals surface area contributed by atoms with Crippen LogP contribution in [-0.4, -0.2) is 33.0 Å². The molecule has 1 saturated heterocycles. The molecule has 7 heteroatoms.